The van der Waals surface area contributed by atoms with E-state index < -0.39 is 17.9 Å². The molecule has 2 aromatic heterocycles. The largest absolute Gasteiger partial charge is 0.479 e. The van der Waals surface area contributed by atoms with Gasteiger partial charge in [0.2, 0.25) is 0 Å². The lowest BCUT2D eigenvalue weighted by Crippen LogP contribution is -2.34. The highest BCUT2D eigenvalue weighted by molar-refractivity contribution is 6.07. The lowest BCUT2D eigenvalue weighted by atomic mass is 10.0. The molecular formula is C20H22N4O3. The third kappa shape index (κ3) is 3.53. The molecule has 2 N–H and O–H groups in total. The van der Waals surface area contributed by atoms with Gasteiger partial charge in [-0.25, -0.2) is 9.78 Å². The average Bonchev–Trinajstić information content (AvgIpc) is 2.84. The van der Waals surface area contributed by atoms with Crippen LogP contribution in [0.2, 0.25) is 0 Å². The molecule has 0 spiro atoms. The molecule has 7 heteroatoms. The predicted molar refractivity (Wildman–Crippen MR) is 102 cm³/mol. The monoisotopic (exact) mass is 366 g/mol. The summed E-state index contributed by atoms with van der Waals surface area (Å²) < 4.78 is 1.62. The number of benzene rings is 1. The molecular weight excluding hydrogens is 344 g/mol. The van der Waals surface area contributed by atoms with Gasteiger partial charge in [-0.05, 0) is 39.3 Å². The molecule has 0 saturated heterocycles. The first kappa shape index (κ1) is 18.6. The standard InChI is InChI=1S/C20H22N4O3/c1-10-6-11(2)8-14(7-10)17(20(26)27)22-19(25)15-9-12(3)21-18-16(15)13(4)23-24(18)5/h6-9,17H,1-5H3,(H,22,25)(H,26,27). The highest BCUT2D eigenvalue weighted by Gasteiger charge is 2.25. The fraction of sp³-hybridized carbons (Fsp3) is 0.300. The van der Waals surface area contributed by atoms with E-state index >= 15 is 0 Å². The highest BCUT2D eigenvalue weighted by atomic mass is 16.4. The van der Waals surface area contributed by atoms with Crippen LogP contribution in [0.3, 0.4) is 0 Å². The first-order valence-electron chi connectivity index (χ1n) is 8.60. The highest BCUT2D eigenvalue weighted by Crippen LogP contribution is 2.23. The van der Waals surface area contributed by atoms with Crippen molar-refractivity contribution in [3.05, 3.63) is 57.9 Å². The van der Waals surface area contributed by atoms with Crippen molar-refractivity contribution in [2.45, 2.75) is 33.7 Å². The molecule has 0 fully saturated rings. The molecule has 0 bridgehead atoms. The molecule has 0 saturated carbocycles. The molecule has 0 aliphatic heterocycles. The van der Waals surface area contributed by atoms with Crippen molar-refractivity contribution in [2.75, 3.05) is 0 Å². The second-order valence-corrected chi connectivity index (χ2v) is 6.88. The molecule has 27 heavy (non-hydrogen) atoms. The number of nitrogens with zero attached hydrogens (tertiary/aromatic N) is 3. The number of aromatic nitrogens is 3. The Hall–Kier alpha value is -3.22. The summed E-state index contributed by atoms with van der Waals surface area (Å²) in [4.78, 5) is 29.3. The molecule has 140 valence electrons. The number of hydrogen-bond donors (Lipinski definition) is 2. The van der Waals surface area contributed by atoms with Crippen LogP contribution in [0.15, 0.2) is 24.3 Å². The lowest BCUT2D eigenvalue weighted by molar-refractivity contribution is -0.139. The van der Waals surface area contributed by atoms with E-state index in [0.29, 0.717) is 33.5 Å². The number of carbonyl (C=O) groups is 2. The summed E-state index contributed by atoms with van der Waals surface area (Å²) in [5.74, 6) is -1.58. The average molecular weight is 366 g/mol. The zero-order valence-electron chi connectivity index (χ0n) is 16.0. The van der Waals surface area contributed by atoms with Crippen molar-refractivity contribution >= 4 is 22.9 Å². The van der Waals surface area contributed by atoms with E-state index in [0.717, 1.165) is 11.1 Å². The maximum absolute atomic E-state index is 13.0. The molecule has 0 aliphatic carbocycles. The van der Waals surface area contributed by atoms with Gasteiger partial charge in [0.05, 0.1) is 16.6 Å². The maximum atomic E-state index is 13.0. The zero-order valence-corrected chi connectivity index (χ0v) is 16.0. The second kappa shape index (κ2) is 6.83. The van der Waals surface area contributed by atoms with Crippen LogP contribution in [-0.4, -0.2) is 31.7 Å². The van der Waals surface area contributed by atoms with E-state index in [9.17, 15) is 14.7 Å². The minimum atomic E-state index is -1.14. The van der Waals surface area contributed by atoms with Crippen molar-refractivity contribution in [1.82, 2.24) is 20.1 Å². The van der Waals surface area contributed by atoms with Crippen LogP contribution in [-0.2, 0) is 11.8 Å². The SMILES string of the molecule is Cc1cc(C)cc(C(NC(=O)c2cc(C)nc3c2c(C)nn3C)C(=O)O)c1. The number of nitrogens with one attached hydrogen (secondary N) is 1. The number of pyridine rings is 1. The molecule has 3 rings (SSSR count). The van der Waals surface area contributed by atoms with Gasteiger partial charge in [0.15, 0.2) is 11.7 Å². The molecule has 1 aromatic carbocycles. The van der Waals surface area contributed by atoms with Crippen molar-refractivity contribution in [2.24, 2.45) is 7.05 Å². The van der Waals surface area contributed by atoms with Crippen molar-refractivity contribution in [3.63, 3.8) is 0 Å². The van der Waals surface area contributed by atoms with Crippen LogP contribution in [0, 0.1) is 27.7 Å². The van der Waals surface area contributed by atoms with Gasteiger partial charge in [0, 0.05) is 12.7 Å². The summed E-state index contributed by atoms with van der Waals surface area (Å²) >= 11 is 0. The molecule has 1 atom stereocenters. The number of amides is 1. The van der Waals surface area contributed by atoms with Crippen molar-refractivity contribution < 1.29 is 14.7 Å². The van der Waals surface area contributed by atoms with Crippen molar-refractivity contribution in [1.29, 1.82) is 0 Å². The Balaban J connectivity index is 2.05. The van der Waals surface area contributed by atoms with Gasteiger partial charge in [0.25, 0.3) is 5.91 Å². The van der Waals surface area contributed by atoms with Crippen molar-refractivity contribution in [3.8, 4) is 0 Å². The molecule has 7 nitrogen and oxygen atoms in total. The van der Waals surface area contributed by atoms with Gasteiger partial charge in [-0.1, -0.05) is 29.3 Å². The quantitative estimate of drug-likeness (QED) is 0.740. The normalized spacial score (nSPS) is 12.2. The Morgan fingerprint density at radius 3 is 2.30 bits per heavy atom. The topological polar surface area (TPSA) is 97.1 Å². The summed E-state index contributed by atoms with van der Waals surface area (Å²) in [7, 11) is 1.76. The fourth-order valence-corrected chi connectivity index (χ4v) is 3.42. The van der Waals surface area contributed by atoms with Gasteiger partial charge in [-0.15, -0.1) is 0 Å². The lowest BCUT2D eigenvalue weighted by Gasteiger charge is -2.17. The Morgan fingerprint density at radius 1 is 1.07 bits per heavy atom. The summed E-state index contributed by atoms with van der Waals surface area (Å²) in [6.45, 7) is 7.38. The van der Waals surface area contributed by atoms with Crippen LogP contribution in [0.25, 0.3) is 11.0 Å². The van der Waals surface area contributed by atoms with E-state index in [1.807, 2.05) is 19.9 Å². The van der Waals surface area contributed by atoms with Crippen LogP contribution < -0.4 is 5.32 Å². The molecule has 1 amide bonds. The van der Waals surface area contributed by atoms with E-state index in [2.05, 4.69) is 15.4 Å². The summed E-state index contributed by atoms with van der Waals surface area (Å²) in [5.41, 5.74) is 4.72. The number of rotatable bonds is 4. The number of aryl methyl sites for hydroxylation is 5. The maximum Gasteiger partial charge on any atom is 0.330 e. The summed E-state index contributed by atoms with van der Waals surface area (Å²) in [5, 5.41) is 17.3. The number of hydrogen-bond acceptors (Lipinski definition) is 4. The van der Waals surface area contributed by atoms with Gasteiger partial charge >= 0.3 is 5.97 Å². The summed E-state index contributed by atoms with van der Waals surface area (Å²) in [6, 6.07) is 6.02. The Morgan fingerprint density at radius 2 is 1.70 bits per heavy atom. The Bertz CT molecular complexity index is 1050. The molecule has 3 aromatic rings. The molecule has 2 heterocycles. The zero-order chi connectivity index (χ0) is 19.9. The third-order valence-corrected chi connectivity index (χ3v) is 4.44. The third-order valence-electron chi connectivity index (χ3n) is 4.44. The minimum Gasteiger partial charge on any atom is -0.479 e. The minimum absolute atomic E-state index is 0.374. The molecule has 0 radical (unpaired) electrons. The smallest absolute Gasteiger partial charge is 0.330 e. The Labute approximate surface area is 157 Å². The van der Waals surface area contributed by atoms with E-state index in [1.165, 1.54) is 0 Å². The number of carboxylic acid groups (broad SMARTS) is 1. The first-order valence-corrected chi connectivity index (χ1v) is 8.60. The van der Waals surface area contributed by atoms with Crippen LogP contribution in [0.1, 0.15) is 44.5 Å². The van der Waals surface area contributed by atoms with Gasteiger partial charge in [-0.3, -0.25) is 9.48 Å². The Kier molecular flexibility index (Phi) is 4.70. The van der Waals surface area contributed by atoms with Crippen LogP contribution in [0.5, 0.6) is 0 Å². The van der Waals surface area contributed by atoms with Gasteiger partial charge in [0.1, 0.15) is 0 Å². The summed E-state index contributed by atoms with van der Waals surface area (Å²) in [6.07, 6.45) is 0. The van der Waals surface area contributed by atoms with Crippen LogP contribution in [0.4, 0.5) is 0 Å². The first-order chi connectivity index (χ1) is 12.7. The number of aliphatic carboxylic acids is 1. The molecule has 1 unspecified atom stereocenters. The fourth-order valence-electron chi connectivity index (χ4n) is 3.42. The number of fused-ring (bicyclic) bond motifs is 1. The predicted octanol–water partition coefficient (Wildman–Crippen LogP) is 2.76. The van der Waals surface area contributed by atoms with E-state index in [1.54, 1.807) is 43.8 Å². The number of carbonyl (C=O) groups excluding carboxylic acids is 1. The molecule has 0 aliphatic rings. The number of carboxylic acids is 1. The second-order valence-electron chi connectivity index (χ2n) is 6.88. The van der Waals surface area contributed by atoms with E-state index in [4.69, 9.17) is 0 Å². The van der Waals surface area contributed by atoms with Gasteiger partial charge in [-0.2, -0.15) is 5.10 Å². The van der Waals surface area contributed by atoms with E-state index in [-0.39, 0.29) is 0 Å². The van der Waals surface area contributed by atoms with Crippen LogP contribution >= 0.6 is 0 Å². The van der Waals surface area contributed by atoms with Gasteiger partial charge < -0.3 is 10.4 Å².